The highest BCUT2D eigenvalue weighted by atomic mass is 35.5. The molecule has 1 fully saturated rings. The van der Waals surface area contributed by atoms with E-state index in [9.17, 15) is 23.1 Å². The lowest BCUT2D eigenvalue weighted by atomic mass is 10.2. The number of likely N-dealkylation sites (N-methyl/N-ethyl adjacent to an activating group) is 1. The van der Waals surface area contributed by atoms with E-state index in [1.54, 1.807) is 0 Å². The second-order valence-corrected chi connectivity index (χ2v) is 5.80. The number of aliphatic hydroxyl groups excluding tert-OH is 1. The van der Waals surface area contributed by atoms with Gasteiger partial charge in [0.2, 0.25) is 5.91 Å². The maximum absolute atomic E-state index is 12.8. The molecule has 0 radical (unpaired) electrons. The van der Waals surface area contributed by atoms with Crippen molar-refractivity contribution in [2.75, 3.05) is 20.2 Å². The molecule has 0 aromatic heterocycles. The Balaban J connectivity index is 0.00000288. The van der Waals surface area contributed by atoms with Crippen LogP contribution < -0.4 is 10.5 Å². The first-order chi connectivity index (χ1) is 10.6. The van der Waals surface area contributed by atoms with Crippen molar-refractivity contribution in [3.05, 3.63) is 29.8 Å². The van der Waals surface area contributed by atoms with Gasteiger partial charge in [0.05, 0.1) is 11.1 Å². The van der Waals surface area contributed by atoms with Gasteiger partial charge < -0.3 is 20.5 Å². The first-order valence-electron chi connectivity index (χ1n) is 7.15. The van der Waals surface area contributed by atoms with E-state index in [1.807, 2.05) is 0 Å². The minimum atomic E-state index is -4.54. The Bertz CT molecular complexity index is 579. The van der Waals surface area contributed by atoms with E-state index in [1.165, 1.54) is 30.1 Å². The van der Waals surface area contributed by atoms with E-state index < -0.39 is 23.4 Å². The summed E-state index contributed by atoms with van der Waals surface area (Å²) in [5, 5.41) is 9.87. The Hall–Kier alpha value is -1.51. The summed E-state index contributed by atoms with van der Waals surface area (Å²) in [5.41, 5.74) is 4.01. The molecule has 136 valence electrons. The van der Waals surface area contributed by atoms with Gasteiger partial charge in [-0.25, -0.2) is 0 Å². The van der Waals surface area contributed by atoms with Crippen LogP contribution in [0.5, 0.6) is 5.75 Å². The summed E-state index contributed by atoms with van der Waals surface area (Å²) in [6, 6.07) is 4.76. The Labute approximate surface area is 144 Å². The normalized spacial score (nSPS) is 16.8. The maximum Gasteiger partial charge on any atom is 0.419 e. The number of carbonyl (C=O) groups excluding carboxylic acids is 1. The second-order valence-electron chi connectivity index (χ2n) is 5.80. The van der Waals surface area contributed by atoms with Crippen LogP contribution in [-0.2, 0) is 11.0 Å². The smallest absolute Gasteiger partial charge is 0.419 e. The fourth-order valence-corrected chi connectivity index (χ4v) is 2.19. The summed E-state index contributed by atoms with van der Waals surface area (Å²) in [7, 11) is 1.49. The van der Waals surface area contributed by atoms with Crippen molar-refractivity contribution in [3.8, 4) is 5.75 Å². The van der Waals surface area contributed by atoms with Crippen LogP contribution >= 0.6 is 12.4 Å². The van der Waals surface area contributed by atoms with Crippen LogP contribution in [0, 0.1) is 0 Å². The highest BCUT2D eigenvalue weighted by molar-refractivity contribution is 5.88. The minimum Gasteiger partial charge on any atom is -0.490 e. The molecular formula is C15H20ClF3N2O3. The van der Waals surface area contributed by atoms with Gasteiger partial charge in [0, 0.05) is 13.6 Å². The lowest BCUT2D eigenvalue weighted by molar-refractivity contribution is -0.139. The average molecular weight is 369 g/mol. The molecule has 0 bridgehead atoms. The van der Waals surface area contributed by atoms with Gasteiger partial charge in [-0.3, -0.25) is 4.79 Å². The monoisotopic (exact) mass is 368 g/mol. The van der Waals surface area contributed by atoms with Crippen LogP contribution in [0.25, 0.3) is 0 Å². The number of rotatable bonds is 6. The summed E-state index contributed by atoms with van der Waals surface area (Å²) in [5.74, 6) is -0.641. The predicted octanol–water partition coefficient (Wildman–Crippen LogP) is 1.82. The lowest BCUT2D eigenvalue weighted by Crippen LogP contribution is -2.47. The largest absolute Gasteiger partial charge is 0.490 e. The number of halogens is 4. The molecule has 0 spiro atoms. The van der Waals surface area contributed by atoms with Gasteiger partial charge in [-0.05, 0) is 25.0 Å². The summed E-state index contributed by atoms with van der Waals surface area (Å²) in [6.45, 7) is -0.422. The van der Waals surface area contributed by atoms with Crippen LogP contribution in [-0.4, -0.2) is 47.8 Å². The summed E-state index contributed by atoms with van der Waals surface area (Å²) < 4.78 is 43.5. The number of nitrogens with zero attached hydrogens (tertiary/aromatic N) is 1. The van der Waals surface area contributed by atoms with E-state index in [-0.39, 0.29) is 37.2 Å². The molecule has 9 heteroatoms. The van der Waals surface area contributed by atoms with Crippen molar-refractivity contribution in [1.82, 2.24) is 4.90 Å². The third-order valence-electron chi connectivity index (χ3n) is 3.67. The number of amides is 1. The van der Waals surface area contributed by atoms with Crippen LogP contribution in [0.15, 0.2) is 24.3 Å². The Morgan fingerprint density at radius 2 is 2.00 bits per heavy atom. The summed E-state index contributed by atoms with van der Waals surface area (Å²) >= 11 is 0. The molecule has 5 nitrogen and oxygen atoms in total. The predicted molar refractivity (Wildman–Crippen MR) is 84.0 cm³/mol. The molecule has 1 amide bonds. The molecule has 0 aliphatic heterocycles. The molecule has 1 unspecified atom stereocenters. The van der Waals surface area contributed by atoms with Gasteiger partial charge in [0.15, 0.2) is 0 Å². The van der Waals surface area contributed by atoms with Gasteiger partial charge in [-0.15, -0.1) is 12.4 Å². The van der Waals surface area contributed by atoms with Gasteiger partial charge in [-0.2, -0.15) is 13.2 Å². The molecule has 1 aromatic rings. The molecule has 1 saturated carbocycles. The number of carbonyl (C=O) groups is 1. The average Bonchev–Trinajstić information content (AvgIpc) is 3.22. The summed E-state index contributed by atoms with van der Waals surface area (Å²) in [4.78, 5) is 13.2. The summed E-state index contributed by atoms with van der Waals surface area (Å²) in [6.07, 6.45) is -4.46. The molecule has 1 aliphatic carbocycles. The Kier molecular flexibility index (Phi) is 6.49. The minimum absolute atomic E-state index is 0. The number of para-hydroxylation sites is 1. The van der Waals surface area contributed by atoms with E-state index in [0.29, 0.717) is 12.8 Å². The van der Waals surface area contributed by atoms with Crippen LogP contribution in [0.2, 0.25) is 0 Å². The number of benzene rings is 1. The standard InChI is InChI=1S/C15H19F3N2O3.ClH/c1-20(13(22)14(19)6-7-14)8-10(21)9-23-12-5-3-2-4-11(12)15(16,17)18;/h2-5,10,21H,6-9,19H2,1H3;1H. The number of ether oxygens (including phenoxy) is 1. The molecule has 0 saturated heterocycles. The zero-order valence-electron chi connectivity index (χ0n) is 13.0. The van der Waals surface area contributed by atoms with E-state index in [2.05, 4.69) is 0 Å². The van der Waals surface area contributed by atoms with Gasteiger partial charge >= 0.3 is 6.18 Å². The molecular weight excluding hydrogens is 349 g/mol. The van der Waals surface area contributed by atoms with Crippen molar-refractivity contribution in [1.29, 1.82) is 0 Å². The number of hydrogen-bond donors (Lipinski definition) is 2. The maximum atomic E-state index is 12.8. The van der Waals surface area contributed by atoms with Gasteiger partial charge in [-0.1, -0.05) is 12.1 Å². The van der Waals surface area contributed by atoms with Crippen LogP contribution in [0.1, 0.15) is 18.4 Å². The van der Waals surface area contributed by atoms with E-state index in [0.717, 1.165) is 6.07 Å². The van der Waals surface area contributed by atoms with Crippen molar-refractivity contribution in [2.45, 2.75) is 30.7 Å². The highest BCUT2D eigenvalue weighted by Gasteiger charge is 2.47. The van der Waals surface area contributed by atoms with Crippen molar-refractivity contribution in [2.24, 2.45) is 5.73 Å². The second kappa shape index (κ2) is 7.58. The molecule has 0 heterocycles. The molecule has 1 aromatic carbocycles. The zero-order valence-corrected chi connectivity index (χ0v) is 13.9. The quantitative estimate of drug-likeness (QED) is 0.803. The van der Waals surface area contributed by atoms with E-state index >= 15 is 0 Å². The number of hydrogen-bond acceptors (Lipinski definition) is 4. The third kappa shape index (κ3) is 4.99. The number of alkyl halides is 3. The van der Waals surface area contributed by atoms with Crippen molar-refractivity contribution >= 4 is 18.3 Å². The molecule has 24 heavy (non-hydrogen) atoms. The van der Waals surface area contributed by atoms with Crippen molar-refractivity contribution < 1.29 is 27.8 Å². The first-order valence-corrected chi connectivity index (χ1v) is 7.15. The van der Waals surface area contributed by atoms with Gasteiger partial charge in [0.25, 0.3) is 0 Å². The zero-order chi connectivity index (χ0) is 17.3. The van der Waals surface area contributed by atoms with Crippen molar-refractivity contribution in [3.63, 3.8) is 0 Å². The Morgan fingerprint density at radius 1 is 1.42 bits per heavy atom. The molecule has 1 aliphatic rings. The fourth-order valence-electron chi connectivity index (χ4n) is 2.19. The number of nitrogens with two attached hydrogens (primary N) is 1. The SMILES string of the molecule is CN(CC(O)COc1ccccc1C(F)(F)F)C(=O)C1(N)CC1.Cl. The molecule has 2 rings (SSSR count). The third-order valence-corrected chi connectivity index (χ3v) is 3.67. The highest BCUT2D eigenvalue weighted by Crippen LogP contribution is 2.36. The van der Waals surface area contributed by atoms with Crippen LogP contribution in [0.3, 0.4) is 0 Å². The fraction of sp³-hybridized carbons (Fsp3) is 0.533. The van der Waals surface area contributed by atoms with E-state index in [4.69, 9.17) is 10.5 Å². The topological polar surface area (TPSA) is 75.8 Å². The molecule has 1 atom stereocenters. The first kappa shape index (κ1) is 20.5. The molecule has 3 N–H and O–H groups in total. The van der Waals surface area contributed by atoms with Gasteiger partial charge in [0.1, 0.15) is 18.5 Å². The Morgan fingerprint density at radius 3 is 2.54 bits per heavy atom. The van der Waals surface area contributed by atoms with Crippen LogP contribution in [0.4, 0.5) is 13.2 Å². The number of aliphatic hydroxyl groups is 1. The lowest BCUT2D eigenvalue weighted by Gasteiger charge is -2.24.